The third kappa shape index (κ3) is 2.82. The molecule has 0 N–H and O–H groups in total. The van der Waals surface area contributed by atoms with E-state index in [1.54, 1.807) is 32.3 Å². The predicted octanol–water partition coefficient (Wildman–Crippen LogP) is 3.69. The molecular formula is C18H15ClFN3O2. The quantitative estimate of drug-likeness (QED) is 0.528. The van der Waals surface area contributed by atoms with Crippen LogP contribution in [0.3, 0.4) is 0 Å². The van der Waals surface area contributed by atoms with Gasteiger partial charge in [0.2, 0.25) is 0 Å². The Labute approximate surface area is 148 Å². The van der Waals surface area contributed by atoms with E-state index < -0.39 is 5.82 Å². The SMILES string of the molecule is CCC(=O)c1ncc(-c2cc3cnc(Cl)cc3n(C)c2=O)c(C)c1F. The molecule has 0 saturated heterocycles. The maximum absolute atomic E-state index is 14.6. The summed E-state index contributed by atoms with van der Waals surface area (Å²) < 4.78 is 16.0. The first-order valence-corrected chi connectivity index (χ1v) is 8.06. The van der Waals surface area contributed by atoms with Crippen LogP contribution in [0.15, 0.2) is 29.3 Å². The van der Waals surface area contributed by atoms with Gasteiger partial charge in [-0.05, 0) is 24.6 Å². The molecule has 0 fully saturated rings. The van der Waals surface area contributed by atoms with Gasteiger partial charge < -0.3 is 4.57 Å². The van der Waals surface area contributed by atoms with Gasteiger partial charge in [-0.25, -0.2) is 14.4 Å². The Hall–Kier alpha value is -2.60. The highest BCUT2D eigenvalue weighted by Gasteiger charge is 2.19. The molecular weight excluding hydrogens is 345 g/mol. The Kier molecular flexibility index (Phi) is 4.39. The van der Waals surface area contributed by atoms with Crippen LogP contribution in [-0.4, -0.2) is 20.3 Å². The van der Waals surface area contributed by atoms with Gasteiger partial charge in [0.05, 0.1) is 5.52 Å². The Morgan fingerprint density at radius 2 is 1.96 bits per heavy atom. The molecule has 0 radical (unpaired) electrons. The van der Waals surface area contributed by atoms with E-state index in [1.807, 2.05) is 0 Å². The third-order valence-corrected chi connectivity index (χ3v) is 4.42. The van der Waals surface area contributed by atoms with Crippen molar-refractivity contribution in [2.24, 2.45) is 7.05 Å². The van der Waals surface area contributed by atoms with Crippen LogP contribution in [0.25, 0.3) is 22.0 Å². The van der Waals surface area contributed by atoms with Crippen molar-refractivity contribution >= 4 is 28.3 Å². The van der Waals surface area contributed by atoms with E-state index in [0.29, 0.717) is 22.0 Å². The number of Topliss-reactive ketones (excluding diaryl/α,β-unsaturated/α-hetero) is 1. The molecule has 0 aliphatic rings. The molecule has 0 spiro atoms. The summed E-state index contributed by atoms with van der Waals surface area (Å²) in [5, 5.41) is 0.969. The summed E-state index contributed by atoms with van der Waals surface area (Å²) in [6.07, 6.45) is 3.08. The number of fused-ring (bicyclic) bond motifs is 1. The number of rotatable bonds is 3. The van der Waals surface area contributed by atoms with Gasteiger partial charge in [-0.3, -0.25) is 9.59 Å². The van der Waals surface area contributed by atoms with E-state index in [9.17, 15) is 14.0 Å². The molecule has 0 unspecified atom stereocenters. The summed E-state index contributed by atoms with van der Waals surface area (Å²) in [5.74, 6) is -1.07. The van der Waals surface area contributed by atoms with Gasteiger partial charge in [-0.2, -0.15) is 0 Å². The summed E-state index contributed by atoms with van der Waals surface area (Å²) in [4.78, 5) is 32.4. The molecule has 25 heavy (non-hydrogen) atoms. The average Bonchev–Trinajstić information content (AvgIpc) is 2.60. The highest BCUT2D eigenvalue weighted by atomic mass is 35.5. The lowest BCUT2D eigenvalue weighted by atomic mass is 10.0. The van der Waals surface area contributed by atoms with Gasteiger partial charge in [0.1, 0.15) is 10.8 Å². The van der Waals surface area contributed by atoms with E-state index in [-0.39, 0.29) is 34.2 Å². The molecule has 0 atom stereocenters. The van der Waals surface area contributed by atoms with E-state index >= 15 is 0 Å². The first-order valence-electron chi connectivity index (χ1n) is 7.69. The monoisotopic (exact) mass is 359 g/mol. The normalized spacial score (nSPS) is 11.1. The van der Waals surface area contributed by atoms with Crippen molar-refractivity contribution in [1.29, 1.82) is 0 Å². The molecule has 0 bridgehead atoms. The predicted molar refractivity (Wildman–Crippen MR) is 94.5 cm³/mol. The number of pyridine rings is 3. The highest BCUT2D eigenvalue weighted by Crippen LogP contribution is 2.26. The van der Waals surface area contributed by atoms with Crippen LogP contribution in [0, 0.1) is 12.7 Å². The molecule has 3 aromatic heterocycles. The second kappa shape index (κ2) is 6.37. The summed E-state index contributed by atoms with van der Waals surface area (Å²) in [6, 6.07) is 3.22. The Morgan fingerprint density at radius 1 is 1.24 bits per heavy atom. The molecule has 3 aromatic rings. The second-order valence-corrected chi connectivity index (χ2v) is 6.11. The topological polar surface area (TPSA) is 64.8 Å². The third-order valence-electron chi connectivity index (χ3n) is 4.21. The van der Waals surface area contributed by atoms with E-state index in [4.69, 9.17) is 11.6 Å². The molecule has 3 rings (SSSR count). The largest absolute Gasteiger partial charge is 0.311 e. The number of aryl methyl sites for hydroxylation is 1. The first kappa shape index (κ1) is 17.2. The second-order valence-electron chi connectivity index (χ2n) is 5.72. The minimum absolute atomic E-state index is 0.160. The minimum Gasteiger partial charge on any atom is -0.311 e. The van der Waals surface area contributed by atoms with Gasteiger partial charge >= 0.3 is 0 Å². The molecule has 0 aliphatic heterocycles. The number of hydrogen-bond acceptors (Lipinski definition) is 4. The zero-order valence-electron chi connectivity index (χ0n) is 13.9. The van der Waals surface area contributed by atoms with E-state index in [1.165, 1.54) is 17.7 Å². The Morgan fingerprint density at radius 3 is 2.64 bits per heavy atom. The Balaban J connectivity index is 2.29. The maximum atomic E-state index is 14.6. The fourth-order valence-electron chi connectivity index (χ4n) is 2.74. The fourth-order valence-corrected chi connectivity index (χ4v) is 2.90. The van der Waals surface area contributed by atoms with Crippen LogP contribution in [0.1, 0.15) is 29.4 Å². The van der Waals surface area contributed by atoms with E-state index in [2.05, 4.69) is 9.97 Å². The van der Waals surface area contributed by atoms with E-state index in [0.717, 1.165) is 0 Å². The summed E-state index contributed by atoms with van der Waals surface area (Å²) in [5.41, 5.74) is 0.965. The summed E-state index contributed by atoms with van der Waals surface area (Å²) in [6.45, 7) is 3.17. The number of carbonyl (C=O) groups excluding carboxylic acids is 1. The standard InChI is InChI=1S/C18H15ClFN3O2/c1-4-14(24)17-16(20)9(2)12(8-22-17)11-5-10-7-21-15(19)6-13(10)23(3)18(11)25/h5-8H,4H2,1-3H3. The lowest BCUT2D eigenvalue weighted by Gasteiger charge is -2.12. The van der Waals surface area contributed by atoms with Crippen molar-refractivity contribution in [3.63, 3.8) is 0 Å². The zero-order chi connectivity index (χ0) is 18.3. The summed E-state index contributed by atoms with van der Waals surface area (Å²) >= 11 is 5.89. The molecule has 7 heteroatoms. The zero-order valence-corrected chi connectivity index (χ0v) is 14.7. The van der Waals surface area contributed by atoms with Gasteiger partial charge in [-0.1, -0.05) is 18.5 Å². The van der Waals surface area contributed by atoms with Crippen molar-refractivity contribution in [2.75, 3.05) is 0 Å². The molecule has 0 saturated carbocycles. The number of nitrogens with zero attached hydrogens (tertiary/aromatic N) is 3. The minimum atomic E-state index is -0.694. The van der Waals surface area contributed by atoms with Crippen LogP contribution in [0.2, 0.25) is 5.15 Å². The van der Waals surface area contributed by atoms with Crippen molar-refractivity contribution in [2.45, 2.75) is 20.3 Å². The van der Waals surface area contributed by atoms with Crippen LogP contribution in [0.4, 0.5) is 4.39 Å². The average molecular weight is 360 g/mol. The molecule has 5 nitrogen and oxygen atoms in total. The lowest BCUT2D eigenvalue weighted by Crippen LogP contribution is -2.20. The van der Waals surface area contributed by atoms with Crippen molar-refractivity contribution in [1.82, 2.24) is 14.5 Å². The number of halogens is 2. The smallest absolute Gasteiger partial charge is 0.258 e. The molecule has 0 aromatic carbocycles. The molecule has 128 valence electrons. The van der Waals surface area contributed by atoms with Crippen molar-refractivity contribution < 1.29 is 9.18 Å². The molecule has 0 aliphatic carbocycles. The molecule has 0 amide bonds. The van der Waals surface area contributed by atoms with Crippen molar-refractivity contribution in [3.8, 4) is 11.1 Å². The van der Waals surface area contributed by atoms with Gasteiger partial charge in [0.25, 0.3) is 5.56 Å². The van der Waals surface area contributed by atoms with Crippen LogP contribution < -0.4 is 5.56 Å². The lowest BCUT2D eigenvalue weighted by molar-refractivity contribution is 0.0979. The maximum Gasteiger partial charge on any atom is 0.258 e. The van der Waals surface area contributed by atoms with Gasteiger partial charge in [0, 0.05) is 42.4 Å². The van der Waals surface area contributed by atoms with Gasteiger partial charge in [-0.15, -0.1) is 0 Å². The fraction of sp³-hybridized carbons (Fsp3) is 0.222. The number of aromatic nitrogens is 3. The summed E-state index contributed by atoms with van der Waals surface area (Å²) in [7, 11) is 1.61. The number of hydrogen-bond donors (Lipinski definition) is 0. The highest BCUT2D eigenvalue weighted by molar-refractivity contribution is 6.30. The first-order chi connectivity index (χ1) is 11.8. The van der Waals surface area contributed by atoms with Crippen LogP contribution in [-0.2, 0) is 7.05 Å². The van der Waals surface area contributed by atoms with Crippen LogP contribution in [0.5, 0.6) is 0 Å². The Bertz CT molecular complexity index is 1080. The molecule has 3 heterocycles. The van der Waals surface area contributed by atoms with Crippen molar-refractivity contribution in [3.05, 3.63) is 57.1 Å². The number of ketones is 1. The number of carbonyl (C=O) groups is 1. The van der Waals surface area contributed by atoms with Crippen LogP contribution >= 0.6 is 11.6 Å². The van der Waals surface area contributed by atoms with Gasteiger partial charge in [0.15, 0.2) is 11.6 Å².